The fraction of sp³-hybridized carbons (Fsp3) is 0.130. The molecule has 3 aromatic rings. The lowest BCUT2D eigenvalue weighted by atomic mass is 9.93. The van der Waals surface area contributed by atoms with Gasteiger partial charge in [-0.2, -0.15) is 0 Å². The van der Waals surface area contributed by atoms with Gasteiger partial charge < -0.3 is 9.47 Å². The second-order valence-corrected chi connectivity index (χ2v) is 6.73. The molecule has 0 aromatic heterocycles. The summed E-state index contributed by atoms with van der Waals surface area (Å²) in [5.74, 6) is -0.353. The molecule has 1 aliphatic rings. The maximum Gasteiger partial charge on any atom is 0.302 e. The van der Waals surface area contributed by atoms with Crippen molar-refractivity contribution in [3.8, 4) is 11.5 Å². The Labute approximate surface area is 171 Å². The van der Waals surface area contributed by atoms with E-state index in [9.17, 15) is 19.2 Å². The van der Waals surface area contributed by atoms with Crippen LogP contribution < -0.4 is 4.74 Å². The summed E-state index contributed by atoms with van der Waals surface area (Å²) >= 11 is 0. The number of hydrogen-bond donors (Lipinski definition) is 0. The van der Waals surface area contributed by atoms with Gasteiger partial charge in [-0.1, -0.05) is 12.1 Å². The molecule has 1 aliphatic heterocycles. The Kier molecular flexibility index (Phi) is 5.02. The number of aldehydes is 1. The highest BCUT2D eigenvalue weighted by Gasteiger charge is 2.33. The van der Waals surface area contributed by atoms with E-state index in [2.05, 4.69) is 0 Å². The molecule has 2 amide bonds. The van der Waals surface area contributed by atoms with Crippen LogP contribution in [0.5, 0.6) is 11.5 Å². The number of amides is 2. The number of carbonyl (C=O) groups is 4. The SMILES string of the molecule is CC(=O)OCCN1C(=O)c2cccc3c(Oc4ccc(C=O)cc4)ccc(c23)C1=O. The number of carbonyl (C=O) groups excluding carboxylic acids is 4. The van der Waals surface area contributed by atoms with E-state index in [1.165, 1.54) is 6.92 Å². The van der Waals surface area contributed by atoms with Crippen molar-refractivity contribution in [1.29, 1.82) is 0 Å². The van der Waals surface area contributed by atoms with Crippen molar-refractivity contribution < 1.29 is 28.7 Å². The fourth-order valence-electron chi connectivity index (χ4n) is 3.43. The van der Waals surface area contributed by atoms with Gasteiger partial charge in [0.25, 0.3) is 11.8 Å². The van der Waals surface area contributed by atoms with Gasteiger partial charge in [0.15, 0.2) is 0 Å². The van der Waals surface area contributed by atoms with Crippen LogP contribution in [-0.2, 0) is 9.53 Å². The third kappa shape index (κ3) is 3.41. The average molecular weight is 403 g/mol. The Balaban J connectivity index is 1.71. The topological polar surface area (TPSA) is 90.0 Å². The monoisotopic (exact) mass is 403 g/mol. The Hall–Kier alpha value is -4.00. The summed E-state index contributed by atoms with van der Waals surface area (Å²) in [6.07, 6.45) is 0.747. The van der Waals surface area contributed by atoms with Crippen molar-refractivity contribution in [2.45, 2.75) is 6.92 Å². The average Bonchev–Trinajstić information content (AvgIpc) is 2.75. The van der Waals surface area contributed by atoms with Crippen LogP contribution in [0.2, 0.25) is 0 Å². The van der Waals surface area contributed by atoms with Crippen LogP contribution in [0.4, 0.5) is 0 Å². The minimum atomic E-state index is -0.475. The van der Waals surface area contributed by atoms with Gasteiger partial charge in [0.1, 0.15) is 24.4 Å². The highest BCUT2D eigenvalue weighted by Crippen LogP contribution is 2.37. The molecule has 0 unspecified atom stereocenters. The zero-order valence-electron chi connectivity index (χ0n) is 16.1. The van der Waals surface area contributed by atoms with Crippen LogP contribution in [0, 0.1) is 0 Å². The summed E-state index contributed by atoms with van der Waals surface area (Å²) in [6.45, 7) is 1.19. The second kappa shape index (κ2) is 7.79. The van der Waals surface area contributed by atoms with Gasteiger partial charge in [0.2, 0.25) is 0 Å². The van der Waals surface area contributed by atoms with Gasteiger partial charge >= 0.3 is 5.97 Å². The van der Waals surface area contributed by atoms with Crippen LogP contribution in [-0.4, -0.2) is 42.1 Å². The zero-order chi connectivity index (χ0) is 21.3. The van der Waals surface area contributed by atoms with E-state index in [4.69, 9.17) is 9.47 Å². The maximum atomic E-state index is 12.9. The predicted octanol–water partition coefficient (Wildman–Crippen LogP) is 3.60. The molecule has 7 nitrogen and oxygen atoms in total. The smallest absolute Gasteiger partial charge is 0.302 e. The van der Waals surface area contributed by atoms with Crippen LogP contribution in [0.25, 0.3) is 10.8 Å². The number of esters is 1. The first-order valence-corrected chi connectivity index (χ1v) is 9.28. The molecule has 0 radical (unpaired) electrons. The summed E-state index contributed by atoms with van der Waals surface area (Å²) in [6, 6.07) is 15.1. The predicted molar refractivity (Wildman–Crippen MR) is 108 cm³/mol. The molecule has 0 spiro atoms. The molecule has 1 heterocycles. The molecule has 0 aliphatic carbocycles. The van der Waals surface area contributed by atoms with E-state index >= 15 is 0 Å². The maximum absolute atomic E-state index is 12.9. The molecule has 150 valence electrons. The minimum absolute atomic E-state index is 0.0194. The number of hydrogen-bond acceptors (Lipinski definition) is 6. The summed E-state index contributed by atoms with van der Waals surface area (Å²) < 4.78 is 10.8. The van der Waals surface area contributed by atoms with E-state index in [0.717, 1.165) is 11.2 Å². The number of nitrogens with zero attached hydrogens (tertiary/aromatic N) is 1. The van der Waals surface area contributed by atoms with Crippen molar-refractivity contribution in [3.05, 3.63) is 71.3 Å². The van der Waals surface area contributed by atoms with Crippen LogP contribution in [0.15, 0.2) is 54.6 Å². The fourth-order valence-corrected chi connectivity index (χ4v) is 3.43. The first kappa shape index (κ1) is 19.3. The number of rotatable bonds is 6. The van der Waals surface area contributed by atoms with Gasteiger partial charge in [0.05, 0.1) is 6.54 Å². The van der Waals surface area contributed by atoms with Gasteiger partial charge in [-0.25, -0.2) is 0 Å². The van der Waals surface area contributed by atoms with Crippen LogP contribution in [0.3, 0.4) is 0 Å². The third-order valence-corrected chi connectivity index (χ3v) is 4.82. The van der Waals surface area contributed by atoms with Crippen molar-refractivity contribution in [2.24, 2.45) is 0 Å². The molecule has 7 heteroatoms. The van der Waals surface area contributed by atoms with Gasteiger partial charge in [-0.15, -0.1) is 0 Å². The lowest BCUT2D eigenvalue weighted by Crippen LogP contribution is -2.42. The second-order valence-electron chi connectivity index (χ2n) is 6.73. The molecule has 0 fully saturated rings. The molecule has 30 heavy (non-hydrogen) atoms. The minimum Gasteiger partial charge on any atom is -0.464 e. The van der Waals surface area contributed by atoms with Crippen molar-refractivity contribution in [2.75, 3.05) is 13.2 Å². The van der Waals surface area contributed by atoms with E-state index in [1.807, 2.05) is 0 Å². The molecule has 3 aromatic carbocycles. The standard InChI is InChI=1S/C23H17NO6/c1-14(26)29-12-11-24-22(27)18-4-2-3-17-20(10-9-19(21(17)18)23(24)28)30-16-7-5-15(13-25)6-8-16/h2-10,13H,11-12H2,1H3. The van der Waals surface area contributed by atoms with Gasteiger partial charge in [0, 0.05) is 34.4 Å². The molecule has 0 bridgehead atoms. The number of imide groups is 1. The zero-order valence-corrected chi connectivity index (χ0v) is 16.1. The molecule has 0 saturated heterocycles. The van der Waals surface area contributed by atoms with E-state index in [1.54, 1.807) is 54.6 Å². The van der Waals surface area contributed by atoms with Crippen molar-refractivity contribution >= 4 is 34.8 Å². The van der Waals surface area contributed by atoms with Crippen LogP contribution in [0.1, 0.15) is 38.0 Å². The summed E-state index contributed by atoms with van der Waals surface area (Å²) in [5.41, 5.74) is 1.29. The Morgan fingerprint density at radius 2 is 1.67 bits per heavy atom. The Bertz CT molecular complexity index is 1160. The van der Waals surface area contributed by atoms with Crippen LogP contribution >= 0.6 is 0 Å². The lowest BCUT2D eigenvalue weighted by molar-refractivity contribution is -0.141. The third-order valence-electron chi connectivity index (χ3n) is 4.82. The molecule has 0 saturated carbocycles. The number of benzene rings is 3. The molecule has 0 N–H and O–H groups in total. The quantitative estimate of drug-likeness (QED) is 0.355. The van der Waals surface area contributed by atoms with Crippen molar-refractivity contribution in [3.63, 3.8) is 0 Å². The largest absolute Gasteiger partial charge is 0.464 e. The normalized spacial score (nSPS) is 12.8. The summed E-state index contributed by atoms with van der Waals surface area (Å²) in [7, 11) is 0. The first-order chi connectivity index (χ1) is 14.5. The Morgan fingerprint density at radius 1 is 0.967 bits per heavy atom. The summed E-state index contributed by atoms with van der Waals surface area (Å²) in [4.78, 5) is 48.7. The highest BCUT2D eigenvalue weighted by molar-refractivity contribution is 6.26. The first-order valence-electron chi connectivity index (χ1n) is 9.28. The van der Waals surface area contributed by atoms with E-state index in [0.29, 0.717) is 39.0 Å². The molecule has 0 atom stereocenters. The van der Waals surface area contributed by atoms with Gasteiger partial charge in [-0.05, 0) is 42.5 Å². The highest BCUT2D eigenvalue weighted by atomic mass is 16.5. The lowest BCUT2D eigenvalue weighted by Gasteiger charge is -2.27. The molecular weight excluding hydrogens is 386 g/mol. The summed E-state index contributed by atoms with van der Waals surface area (Å²) in [5, 5.41) is 1.16. The van der Waals surface area contributed by atoms with Crippen molar-refractivity contribution in [1.82, 2.24) is 4.90 Å². The van der Waals surface area contributed by atoms with E-state index < -0.39 is 17.8 Å². The Morgan fingerprint density at radius 3 is 2.33 bits per heavy atom. The number of ether oxygens (including phenoxy) is 2. The van der Waals surface area contributed by atoms with E-state index in [-0.39, 0.29) is 13.2 Å². The van der Waals surface area contributed by atoms with Gasteiger partial charge in [-0.3, -0.25) is 24.1 Å². The molecule has 4 rings (SSSR count). The molecular formula is C23H17NO6.